The van der Waals surface area contributed by atoms with Crippen LogP contribution < -0.4 is 15.5 Å². The maximum absolute atomic E-state index is 5.94. The molecule has 0 spiro atoms. The number of aromatic nitrogens is 2. The molecule has 1 aromatic carbocycles. The molecule has 0 saturated heterocycles. The smallest absolute Gasteiger partial charge is 0.133 e. The van der Waals surface area contributed by atoms with Crippen molar-refractivity contribution >= 4 is 23.2 Å². The standard InChI is InChI=1S/C20H28ClN5/c1-14-23-19(12-20(24-14)26(2)3)25-18-10-8-17(9-11-18)22-13-15-4-6-16(21)7-5-15/h4-7,12,17-18,22H,8-11,13H2,1-3H3,(H,23,24,25). The highest BCUT2D eigenvalue weighted by Crippen LogP contribution is 2.23. The lowest BCUT2D eigenvalue weighted by molar-refractivity contribution is 0.352. The molecule has 0 amide bonds. The first-order valence-corrected chi connectivity index (χ1v) is 9.65. The Labute approximate surface area is 161 Å². The van der Waals surface area contributed by atoms with Crippen LogP contribution in [0, 0.1) is 6.92 Å². The summed E-state index contributed by atoms with van der Waals surface area (Å²) < 4.78 is 0. The minimum Gasteiger partial charge on any atom is -0.367 e. The van der Waals surface area contributed by atoms with Crippen LogP contribution in [0.25, 0.3) is 0 Å². The molecule has 1 fully saturated rings. The summed E-state index contributed by atoms with van der Waals surface area (Å²) in [7, 11) is 4.01. The van der Waals surface area contributed by atoms with Crippen LogP contribution in [-0.4, -0.2) is 36.1 Å². The van der Waals surface area contributed by atoms with Crippen molar-refractivity contribution in [1.29, 1.82) is 0 Å². The summed E-state index contributed by atoms with van der Waals surface area (Å²) in [6, 6.07) is 11.2. The average Bonchev–Trinajstić information content (AvgIpc) is 2.62. The largest absolute Gasteiger partial charge is 0.367 e. The van der Waals surface area contributed by atoms with Gasteiger partial charge in [-0.3, -0.25) is 0 Å². The maximum atomic E-state index is 5.94. The molecular formula is C20H28ClN5. The molecule has 5 nitrogen and oxygen atoms in total. The van der Waals surface area contributed by atoms with Crippen molar-refractivity contribution in [3.05, 3.63) is 46.7 Å². The van der Waals surface area contributed by atoms with Gasteiger partial charge in [-0.2, -0.15) is 0 Å². The van der Waals surface area contributed by atoms with E-state index < -0.39 is 0 Å². The minimum absolute atomic E-state index is 0.480. The van der Waals surface area contributed by atoms with E-state index in [1.54, 1.807) is 0 Å². The molecule has 0 radical (unpaired) electrons. The molecule has 1 saturated carbocycles. The van der Waals surface area contributed by atoms with Crippen molar-refractivity contribution in [1.82, 2.24) is 15.3 Å². The Balaban J connectivity index is 1.47. The first-order valence-electron chi connectivity index (χ1n) is 9.27. The van der Waals surface area contributed by atoms with Crippen LogP contribution in [0.15, 0.2) is 30.3 Å². The van der Waals surface area contributed by atoms with Gasteiger partial charge in [-0.25, -0.2) is 9.97 Å². The predicted octanol–water partition coefficient (Wildman–Crippen LogP) is 4.02. The van der Waals surface area contributed by atoms with Gasteiger partial charge in [0.05, 0.1) is 0 Å². The van der Waals surface area contributed by atoms with Gasteiger partial charge in [0.25, 0.3) is 0 Å². The first kappa shape index (κ1) is 18.9. The van der Waals surface area contributed by atoms with Gasteiger partial charge < -0.3 is 15.5 Å². The van der Waals surface area contributed by atoms with Crippen molar-refractivity contribution < 1.29 is 0 Å². The second-order valence-electron chi connectivity index (χ2n) is 7.25. The number of rotatable bonds is 6. The Morgan fingerprint density at radius 2 is 1.69 bits per heavy atom. The van der Waals surface area contributed by atoms with Gasteiger partial charge in [-0.15, -0.1) is 0 Å². The third-order valence-electron chi connectivity index (χ3n) is 4.87. The molecule has 2 aromatic rings. The number of hydrogen-bond acceptors (Lipinski definition) is 5. The lowest BCUT2D eigenvalue weighted by Crippen LogP contribution is -2.36. The van der Waals surface area contributed by atoms with Crippen LogP contribution in [0.4, 0.5) is 11.6 Å². The minimum atomic E-state index is 0.480. The molecule has 6 heteroatoms. The van der Waals surface area contributed by atoms with Crippen LogP contribution in [0.5, 0.6) is 0 Å². The Hall–Kier alpha value is -1.85. The number of nitrogens with zero attached hydrogens (tertiary/aromatic N) is 3. The maximum Gasteiger partial charge on any atom is 0.133 e. The lowest BCUT2D eigenvalue weighted by atomic mass is 9.91. The summed E-state index contributed by atoms with van der Waals surface area (Å²) in [5.74, 6) is 2.68. The van der Waals surface area contributed by atoms with Crippen molar-refractivity contribution in [3.8, 4) is 0 Å². The van der Waals surface area contributed by atoms with Crippen LogP contribution in [0.1, 0.15) is 37.1 Å². The van der Waals surface area contributed by atoms with E-state index in [0.717, 1.165) is 41.9 Å². The summed E-state index contributed by atoms with van der Waals surface area (Å²) in [5.41, 5.74) is 1.28. The fourth-order valence-corrected chi connectivity index (χ4v) is 3.50. The van der Waals surface area contributed by atoms with E-state index in [1.165, 1.54) is 18.4 Å². The third kappa shape index (κ3) is 5.32. The molecule has 1 aliphatic carbocycles. The fraction of sp³-hybridized carbons (Fsp3) is 0.500. The second kappa shape index (κ2) is 8.69. The molecule has 3 rings (SSSR count). The number of aryl methyl sites for hydroxylation is 1. The molecule has 0 unspecified atom stereocenters. The van der Waals surface area contributed by atoms with Crippen LogP contribution in [0.2, 0.25) is 5.02 Å². The van der Waals surface area contributed by atoms with E-state index in [0.29, 0.717) is 12.1 Å². The Morgan fingerprint density at radius 3 is 2.35 bits per heavy atom. The van der Waals surface area contributed by atoms with Crippen molar-refractivity contribution in [2.45, 2.75) is 51.2 Å². The van der Waals surface area contributed by atoms with Crippen molar-refractivity contribution in [2.75, 3.05) is 24.3 Å². The topological polar surface area (TPSA) is 53.1 Å². The fourth-order valence-electron chi connectivity index (χ4n) is 3.37. The zero-order valence-electron chi connectivity index (χ0n) is 15.8. The number of hydrogen-bond donors (Lipinski definition) is 2. The summed E-state index contributed by atoms with van der Waals surface area (Å²) in [6.07, 6.45) is 4.66. The highest BCUT2D eigenvalue weighted by molar-refractivity contribution is 6.30. The number of anilines is 2. The molecule has 0 atom stereocenters. The Morgan fingerprint density at radius 1 is 1.04 bits per heavy atom. The molecule has 140 valence electrons. The quantitative estimate of drug-likeness (QED) is 0.801. The van der Waals surface area contributed by atoms with E-state index in [2.05, 4.69) is 32.7 Å². The first-order chi connectivity index (χ1) is 12.5. The van der Waals surface area contributed by atoms with Gasteiger partial charge >= 0.3 is 0 Å². The number of benzene rings is 1. The van der Waals surface area contributed by atoms with E-state index in [-0.39, 0.29) is 0 Å². The van der Waals surface area contributed by atoms with E-state index in [4.69, 9.17) is 11.6 Å². The lowest BCUT2D eigenvalue weighted by Gasteiger charge is -2.30. The zero-order valence-corrected chi connectivity index (χ0v) is 16.6. The summed E-state index contributed by atoms with van der Waals surface area (Å²) >= 11 is 5.94. The van der Waals surface area contributed by atoms with Gasteiger partial charge in [0, 0.05) is 43.8 Å². The molecule has 2 N–H and O–H groups in total. The van der Waals surface area contributed by atoms with E-state index in [9.17, 15) is 0 Å². The van der Waals surface area contributed by atoms with Crippen LogP contribution >= 0.6 is 11.6 Å². The predicted molar refractivity (Wildman–Crippen MR) is 109 cm³/mol. The average molecular weight is 374 g/mol. The normalized spacial score (nSPS) is 20.0. The van der Waals surface area contributed by atoms with E-state index >= 15 is 0 Å². The molecule has 0 bridgehead atoms. The SMILES string of the molecule is Cc1nc(NC2CCC(NCc3ccc(Cl)cc3)CC2)cc(N(C)C)n1. The number of halogens is 1. The van der Waals surface area contributed by atoms with Gasteiger partial charge in [0.1, 0.15) is 17.5 Å². The molecule has 1 aliphatic rings. The van der Waals surface area contributed by atoms with Gasteiger partial charge in [0.2, 0.25) is 0 Å². The highest BCUT2D eigenvalue weighted by Gasteiger charge is 2.21. The zero-order chi connectivity index (χ0) is 18.5. The summed E-state index contributed by atoms with van der Waals surface area (Å²) in [6.45, 7) is 2.84. The summed E-state index contributed by atoms with van der Waals surface area (Å²) in [4.78, 5) is 11.0. The Bertz CT molecular complexity index is 709. The Kier molecular flexibility index (Phi) is 6.33. The molecule has 1 aromatic heterocycles. The monoisotopic (exact) mass is 373 g/mol. The number of nitrogens with one attached hydrogen (secondary N) is 2. The van der Waals surface area contributed by atoms with E-state index in [1.807, 2.05) is 44.1 Å². The van der Waals surface area contributed by atoms with Crippen molar-refractivity contribution in [2.24, 2.45) is 0 Å². The summed E-state index contributed by atoms with van der Waals surface area (Å²) in [5, 5.41) is 8.06. The van der Waals surface area contributed by atoms with Crippen LogP contribution in [-0.2, 0) is 6.54 Å². The molecule has 0 aliphatic heterocycles. The van der Waals surface area contributed by atoms with Gasteiger partial charge in [-0.05, 0) is 50.3 Å². The van der Waals surface area contributed by atoms with Gasteiger partial charge in [0.15, 0.2) is 0 Å². The van der Waals surface area contributed by atoms with Crippen LogP contribution in [0.3, 0.4) is 0 Å². The molecule has 26 heavy (non-hydrogen) atoms. The second-order valence-corrected chi connectivity index (χ2v) is 7.69. The molecular weight excluding hydrogens is 346 g/mol. The van der Waals surface area contributed by atoms with Crippen molar-refractivity contribution in [3.63, 3.8) is 0 Å². The van der Waals surface area contributed by atoms with Gasteiger partial charge in [-0.1, -0.05) is 23.7 Å². The third-order valence-corrected chi connectivity index (χ3v) is 5.12. The molecule has 1 heterocycles. The highest BCUT2D eigenvalue weighted by atomic mass is 35.5.